The molecule has 2 atom stereocenters. The second-order valence-corrected chi connectivity index (χ2v) is 9.92. The monoisotopic (exact) mass is 462 g/mol. The summed E-state index contributed by atoms with van der Waals surface area (Å²) in [5.74, 6) is 2.05. The number of aromatic nitrogens is 4. The zero-order valence-electron chi connectivity index (χ0n) is 20.2. The van der Waals surface area contributed by atoms with Crippen LogP contribution in [0.4, 0.5) is 0 Å². The van der Waals surface area contributed by atoms with Gasteiger partial charge < -0.3 is 14.8 Å². The summed E-state index contributed by atoms with van der Waals surface area (Å²) in [6.45, 7) is 2.07. The van der Waals surface area contributed by atoms with E-state index in [-0.39, 0.29) is 6.04 Å². The Hall–Kier alpha value is -3.16. The van der Waals surface area contributed by atoms with Crippen LogP contribution in [0.5, 0.6) is 0 Å². The predicted molar refractivity (Wildman–Crippen MR) is 142 cm³/mol. The summed E-state index contributed by atoms with van der Waals surface area (Å²) >= 11 is 0. The molecule has 6 rings (SSSR count). The molecule has 0 saturated carbocycles. The number of fused-ring (bicyclic) bond motifs is 1. The van der Waals surface area contributed by atoms with Crippen molar-refractivity contribution in [1.82, 2.24) is 29.6 Å². The SMILES string of the molecule is [B]N1CCC[C@H]1c1nc2ccc(C=CCc3ccc(-c4cnc([C@@H]5CCCN5C)[nH]4)cc3)cc2[nH]1. The Balaban J connectivity index is 1.10. The maximum atomic E-state index is 6.11. The smallest absolute Gasteiger partial charge is 0.183 e. The molecule has 2 fully saturated rings. The molecule has 0 bridgehead atoms. The van der Waals surface area contributed by atoms with Crippen LogP contribution in [0.2, 0.25) is 0 Å². The molecule has 4 heterocycles. The van der Waals surface area contributed by atoms with E-state index in [0.717, 1.165) is 60.7 Å². The summed E-state index contributed by atoms with van der Waals surface area (Å²) in [6.07, 6.45) is 11.8. The molecule has 2 aliphatic heterocycles. The second kappa shape index (κ2) is 9.48. The molecule has 6 nitrogen and oxygen atoms in total. The molecule has 2 aromatic heterocycles. The second-order valence-electron chi connectivity index (χ2n) is 9.92. The van der Waals surface area contributed by atoms with Crippen molar-refractivity contribution in [3.63, 3.8) is 0 Å². The zero-order chi connectivity index (χ0) is 23.8. The standard InChI is InChI=1S/C28H31BN6/c1-34-15-3-7-25(34)27-30-18-24(33-27)21-12-9-19(10-13-21)5-2-6-20-11-14-22-23(17-20)32-28(31-22)26-8-4-16-35(26)29/h2,6,9-14,17-18,25-26H,3-5,7-8,15-16H2,1H3,(H,30,33)(H,31,32)/t25-,26-/m0/s1. The average molecular weight is 462 g/mol. The summed E-state index contributed by atoms with van der Waals surface area (Å²) in [7, 11) is 8.29. The first-order chi connectivity index (χ1) is 17.1. The van der Waals surface area contributed by atoms with Gasteiger partial charge in [0.25, 0.3) is 0 Å². The molecule has 7 heteroatoms. The Bertz CT molecular complexity index is 1340. The van der Waals surface area contributed by atoms with Gasteiger partial charge in [0.2, 0.25) is 0 Å². The van der Waals surface area contributed by atoms with Crippen LogP contribution in [0.3, 0.4) is 0 Å². The van der Waals surface area contributed by atoms with Crippen LogP contribution in [-0.4, -0.2) is 57.8 Å². The number of hydrogen-bond acceptors (Lipinski definition) is 4. The number of hydrogen-bond donors (Lipinski definition) is 2. The van der Waals surface area contributed by atoms with Crippen molar-refractivity contribution < 1.29 is 0 Å². The molecular formula is C28H31BN6. The van der Waals surface area contributed by atoms with E-state index in [1.807, 2.05) is 11.0 Å². The van der Waals surface area contributed by atoms with Gasteiger partial charge in [0, 0.05) is 0 Å². The first kappa shape index (κ1) is 22.3. The van der Waals surface area contributed by atoms with Crippen molar-refractivity contribution in [2.75, 3.05) is 20.1 Å². The minimum Gasteiger partial charge on any atom is -0.345 e. The van der Waals surface area contributed by atoms with Gasteiger partial charge in [-0.15, -0.1) is 0 Å². The highest BCUT2D eigenvalue weighted by Crippen LogP contribution is 2.31. The van der Waals surface area contributed by atoms with E-state index >= 15 is 0 Å². The summed E-state index contributed by atoms with van der Waals surface area (Å²) in [6, 6.07) is 15.8. The first-order valence-electron chi connectivity index (χ1n) is 12.7. The minimum absolute atomic E-state index is 0.196. The number of H-pyrrole nitrogens is 2. The topological polar surface area (TPSA) is 63.8 Å². The molecular weight excluding hydrogens is 431 g/mol. The summed E-state index contributed by atoms with van der Waals surface area (Å²) in [4.78, 5) is 20.7. The number of nitrogens with one attached hydrogen (secondary N) is 2. The van der Waals surface area contributed by atoms with Crippen LogP contribution >= 0.6 is 0 Å². The van der Waals surface area contributed by atoms with Crippen LogP contribution in [0.1, 0.15) is 60.5 Å². The average Bonchev–Trinajstić information content (AvgIpc) is 3.66. The fourth-order valence-electron chi connectivity index (χ4n) is 5.45. The lowest BCUT2D eigenvalue weighted by atomic mass is 10.1. The molecule has 2 saturated heterocycles. The summed E-state index contributed by atoms with van der Waals surface area (Å²) < 4.78 is 0. The molecule has 2 aliphatic rings. The van der Waals surface area contributed by atoms with Gasteiger partial charge >= 0.3 is 0 Å². The Morgan fingerprint density at radius 1 is 1.00 bits per heavy atom. The fourth-order valence-corrected chi connectivity index (χ4v) is 5.45. The van der Waals surface area contributed by atoms with Gasteiger partial charge in [-0.2, -0.15) is 0 Å². The Kier molecular flexibility index (Phi) is 6.04. The highest BCUT2D eigenvalue weighted by Gasteiger charge is 2.25. The van der Waals surface area contributed by atoms with Crippen molar-refractivity contribution in [3.8, 4) is 11.3 Å². The molecule has 2 radical (unpaired) electrons. The van der Waals surface area contributed by atoms with E-state index in [2.05, 4.69) is 81.5 Å². The third-order valence-electron chi connectivity index (χ3n) is 7.49. The highest BCUT2D eigenvalue weighted by molar-refractivity contribution is 6.04. The predicted octanol–water partition coefficient (Wildman–Crippen LogP) is 5.20. The van der Waals surface area contributed by atoms with Crippen LogP contribution in [-0.2, 0) is 6.42 Å². The number of aromatic amines is 2. The fraction of sp³-hybridized carbons (Fsp3) is 0.357. The lowest BCUT2D eigenvalue weighted by molar-refractivity contribution is 0.307. The van der Waals surface area contributed by atoms with Gasteiger partial charge in [0.05, 0.1) is 35.0 Å². The van der Waals surface area contributed by atoms with Crippen molar-refractivity contribution in [2.24, 2.45) is 0 Å². The van der Waals surface area contributed by atoms with Gasteiger partial charge in [0.15, 0.2) is 7.98 Å². The maximum absolute atomic E-state index is 6.11. The normalized spacial score (nSPS) is 21.6. The van der Waals surface area contributed by atoms with Crippen molar-refractivity contribution >= 4 is 25.1 Å². The number of nitrogens with zero attached hydrogens (tertiary/aromatic N) is 4. The van der Waals surface area contributed by atoms with E-state index in [1.54, 1.807) is 0 Å². The molecule has 4 aromatic rings. The van der Waals surface area contributed by atoms with E-state index in [4.69, 9.17) is 13.0 Å². The molecule has 0 spiro atoms. The lowest BCUT2D eigenvalue weighted by Crippen LogP contribution is -2.20. The largest absolute Gasteiger partial charge is 0.345 e. The van der Waals surface area contributed by atoms with E-state index in [9.17, 15) is 0 Å². The number of imidazole rings is 2. The molecule has 176 valence electrons. The third-order valence-corrected chi connectivity index (χ3v) is 7.49. The molecule has 2 N–H and O–H groups in total. The van der Waals surface area contributed by atoms with Gasteiger partial charge in [-0.05, 0) is 81.1 Å². The molecule has 0 unspecified atom stereocenters. The van der Waals surface area contributed by atoms with Crippen molar-refractivity contribution in [2.45, 2.75) is 44.2 Å². The van der Waals surface area contributed by atoms with E-state index < -0.39 is 0 Å². The Labute approximate surface area is 207 Å². The zero-order valence-corrected chi connectivity index (χ0v) is 20.2. The summed E-state index contributed by atoms with van der Waals surface area (Å²) in [5.41, 5.74) is 6.78. The van der Waals surface area contributed by atoms with Crippen molar-refractivity contribution in [3.05, 3.63) is 77.5 Å². The van der Waals surface area contributed by atoms with Gasteiger partial charge in [-0.1, -0.05) is 42.5 Å². The summed E-state index contributed by atoms with van der Waals surface area (Å²) in [5, 5.41) is 0. The first-order valence-corrected chi connectivity index (χ1v) is 12.7. The Morgan fingerprint density at radius 2 is 1.83 bits per heavy atom. The number of likely N-dealkylation sites (tertiary alicyclic amines) is 1. The van der Waals surface area contributed by atoms with Gasteiger partial charge in [-0.25, -0.2) is 9.97 Å². The molecule has 2 aromatic carbocycles. The molecule has 35 heavy (non-hydrogen) atoms. The van der Waals surface area contributed by atoms with Gasteiger partial charge in [0.1, 0.15) is 11.6 Å². The van der Waals surface area contributed by atoms with Crippen LogP contribution < -0.4 is 0 Å². The lowest BCUT2D eigenvalue weighted by Gasteiger charge is -2.16. The molecule has 0 amide bonds. The quantitative estimate of drug-likeness (QED) is 0.387. The minimum atomic E-state index is 0.196. The maximum Gasteiger partial charge on any atom is 0.183 e. The number of benzene rings is 2. The third kappa shape index (κ3) is 4.58. The number of rotatable bonds is 6. The highest BCUT2D eigenvalue weighted by atomic mass is 15.2. The molecule has 0 aliphatic carbocycles. The van der Waals surface area contributed by atoms with Crippen LogP contribution in [0, 0.1) is 0 Å². The van der Waals surface area contributed by atoms with Crippen molar-refractivity contribution in [1.29, 1.82) is 0 Å². The van der Waals surface area contributed by atoms with Gasteiger partial charge in [-0.3, -0.25) is 4.90 Å². The number of allylic oxidation sites excluding steroid dienone is 1. The van der Waals surface area contributed by atoms with Crippen LogP contribution in [0.25, 0.3) is 28.4 Å². The van der Waals surface area contributed by atoms with E-state index in [0.29, 0.717) is 6.04 Å². The Morgan fingerprint density at radius 3 is 2.60 bits per heavy atom. The van der Waals surface area contributed by atoms with E-state index in [1.165, 1.54) is 29.5 Å². The van der Waals surface area contributed by atoms with Crippen LogP contribution in [0.15, 0.2) is 54.7 Å².